The summed E-state index contributed by atoms with van der Waals surface area (Å²) in [6.07, 6.45) is 0. The fraction of sp³-hybridized carbons (Fsp3) is 0.600. The molecule has 2 rings (SSSR count). The second-order valence-electron chi connectivity index (χ2n) is 5.16. The average Bonchev–Trinajstić information content (AvgIpc) is 2.47. The number of ether oxygens (including phenoxy) is 1. The van der Waals surface area contributed by atoms with Gasteiger partial charge in [-0.1, -0.05) is 24.3 Å². The van der Waals surface area contributed by atoms with Gasteiger partial charge in [0.25, 0.3) is 0 Å². The predicted molar refractivity (Wildman–Crippen MR) is 77.9 cm³/mol. The van der Waals surface area contributed by atoms with Gasteiger partial charge in [0.1, 0.15) is 0 Å². The first kappa shape index (κ1) is 14.5. The highest BCUT2D eigenvalue weighted by Gasteiger charge is 2.11. The van der Waals surface area contributed by atoms with Gasteiger partial charge in [-0.15, -0.1) is 0 Å². The van der Waals surface area contributed by atoms with Gasteiger partial charge >= 0.3 is 0 Å². The van der Waals surface area contributed by atoms with Crippen LogP contribution in [0.2, 0.25) is 0 Å². The van der Waals surface area contributed by atoms with Crippen molar-refractivity contribution in [3.05, 3.63) is 35.4 Å². The largest absolute Gasteiger partial charge is 0.379 e. The summed E-state index contributed by atoms with van der Waals surface area (Å²) in [5.74, 6) is 0. The molecule has 0 spiro atoms. The lowest BCUT2D eigenvalue weighted by atomic mass is 10.1. The lowest BCUT2D eigenvalue weighted by molar-refractivity contribution is 0.0342. The zero-order valence-corrected chi connectivity index (χ0v) is 11.8. The summed E-state index contributed by atoms with van der Waals surface area (Å²) in [7, 11) is 2.17. The molecule has 0 amide bonds. The number of benzene rings is 1. The average molecular weight is 263 g/mol. The molecule has 1 saturated heterocycles. The van der Waals surface area contributed by atoms with E-state index in [1.807, 2.05) is 0 Å². The molecule has 0 radical (unpaired) electrons. The van der Waals surface area contributed by atoms with Crippen molar-refractivity contribution in [2.75, 3.05) is 46.4 Å². The molecule has 0 unspecified atom stereocenters. The molecule has 1 aliphatic heterocycles. The molecule has 1 aromatic rings. The molecule has 1 fully saturated rings. The third-order valence-electron chi connectivity index (χ3n) is 3.68. The van der Waals surface area contributed by atoms with Gasteiger partial charge in [0.15, 0.2) is 0 Å². The smallest absolute Gasteiger partial charge is 0.0594 e. The Kier molecular flexibility index (Phi) is 5.79. The number of hydrogen-bond acceptors (Lipinski definition) is 4. The summed E-state index contributed by atoms with van der Waals surface area (Å²) in [6, 6.07) is 8.43. The Morgan fingerprint density at radius 1 is 1.21 bits per heavy atom. The van der Waals surface area contributed by atoms with Crippen LogP contribution in [0.4, 0.5) is 0 Å². The Labute approximate surface area is 116 Å². The van der Waals surface area contributed by atoms with Crippen LogP contribution in [0, 0.1) is 0 Å². The van der Waals surface area contributed by atoms with E-state index in [1.54, 1.807) is 0 Å². The highest BCUT2D eigenvalue weighted by molar-refractivity contribution is 5.26. The number of morpholine rings is 1. The maximum Gasteiger partial charge on any atom is 0.0594 e. The lowest BCUT2D eigenvalue weighted by Crippen LogP contribution is -2.40. The van der Waals surface area contributed by atoms with Crippen molar-refractivity contribution in [1.29, 1.82) is 0 Å². The molecule has 4 heteroatoms. The van der Waals surface area contributed by atoms with Gasteiger partial charge < -0.3 is 15.4 Å². The summed E-state index contributed by atoms with van der Waals surface area (Å²) < 4.78 is 5.36. The van der Waals surface area contributed by atoms with Crippen molar-refractivity contribution in [3.63, 3.8) is 0 Å². The van der Waals surface area contributed by atoms with Crippen molar-refractivity contribution < 1.29 is 4.74 Å². The van der Waals surface area contributed by atoms with Crippen LogP contribution in [0.1, 0.15) is 11.1 Å². The monoisotopic (exact) mass is 263 g/mol. The predicted octanol–water partition coefficient (Wildman–Crippen LogP) is 0.909. The molecule has 0 bridgehead atoms. The molecule has 0 aromatic heterocycles. The minimum Gasteiger partial charge on any atom is -0.379 e. The first-order valence-corrected chi connectivity index (χ1v) is 7.05. The zero-order chi connectivity index (χ0) is 13.5. The molecule has 1 aliphatic rings. The second kappa shape index (κ2) is 7.60. The van der Waals surface area contributed by atoms with Crippen LogP contribution in [-0.2, 0) is 17.8 Å². The third kappa shape index (κ3) is 4.58. The zero-order valence-electron chi connectivity index (χ0n) is 11.8. The Hall–Kier alpha value is -0.940. The first-order valence-electron chi connectivity index (χ1n) is 7.05. The van der Waals surface area contributed by atoms with Crippen LogP contribution in [0.15, 0.2) is 24.3 Å². The molecule has 1 aromatic carbocycles. The van der Waals surface area contributed by atoms with Crippen molar-refractivity contribution in [1.82, 2.24) is 9.80 Å². The van der Waals surface area contributed by atoms with E-state index in [4.69, 9.17) is 10.5 Å². The van der Waals surface area contributed by atoms with Gasteiger partial charge in [-0.3, -0.25) is 4.90 Å². The minimum absolute atomic E-state index is 0.619. The molecule has 0 aliphatic carbocycles. The summed E-state index contributed by atoms with van der Waals surface area (Å²) in [5, 5.41) is 0. The standard InChI is InChI=1S/C15H25N3O/c1-17(6-7-18-8-10-19-11-9-18)13-15-5-3-2-4-14(15)12-16/h2-5H,6-13,16H2,1H3. The van der Waals surface area contributed by atoms with Gasteiger partial charge in [-0.2, -0.15) is 0 Å². The Balaban J connectivity index is 1.78. The molecule has 0 saturated carbocycles. The van der Waals surface area contributed by atoms with E-state index < -0.39 is 0 Å². The summed E-state index contributed by atoms with van der Waals surface area (Å²) in [6.45, 7) is 7.66. The van der Waals surface area contributed by atoms with Crippen molar-refractivity contribution in [3.8, 4) is 0 Å². The molecule has 2 N–H and O–H groups in total. The van der Waals surface area contributed by atoms with Crippen LogP contribution < -0.4 is 5.73 Å². The van der Waals surface area contributed by atoms with Crippen molar-refractivity contribution in [2.24, 2.45) is 5.73 Å². The fourth-order valence-electron chi connectivity index (χ4n) is 2.42. The third-order valence-corrected chi connectivity index (χ3v) is 3.68. The topological polar surface area (TPSA) is 41.7 Å². The Morgan fingerprint density at radius 2 is 1.89 bits per heavy atom. The quantitative estimate of drug-likeness (QED) is 0.828. The molecule has 19 heavy (non-hydrogen) atoms. The van der Waals surface area contributed by atoms with E-state index in [2.05, 4.69) is 41.1 Å². The molecule has 1 heterocycles. The summed E-state index contributed by atoms with van der Waals surface area (Å²) >= 11 is 0. The van der Waals surface area contributed by atoms with Crippen LogP contribution in [-0.4, -0.2) is 56.2 Å². The maximum atomic E-state index is 5.78. The van der Waals surface area contributed by atoms with Crippen LogP contribution in [0.3, 0.4) is 0 Å². The number of likely N-dealkylation sites (N-methyl/N-ethyl adjacent to an activating group) is 1. The minimum atomic E-state index is 0.619. The number of hydrogen-bond donors (Lipinski definition) is 1. The number of rotatable bonds is 6. The van der Waals surface area contributed by atoms with E-state index >= 15 is 0 Å². The van der Waals surface area contributed by atoms with Gasteiger partial charge in [0.2, 0.25) is 0 Å². The van der Waals surface area contributed by atoms with Gasteiger partial charge in [-0.05, 0) is 18.2 Å². The van der Waals surface area contributed by atoms with Crippen molar-refractivity contribution in [2.45, 2.75) is 13.1 Å². The molecular formula is C15H25N3O. The summed E-state index contributed by atoms with van der Waals surface area (Å²) in [4.78, 5) is 4.83. The Morgan fingerprint density at radius 3 is 2.58 bits per heavy atom. The van der Waals surface area contributed by atoms with Crippen LogP contribution >= 0.6 is 0 Å². The fourth-order valence-corrected chi connectivity index (χ4v) is 2.42. The van der Waals surface area contributed by atoms with Crippen LogP contribution in [0.25, 0.3) is 0 Å². The van der Waals surface area contributed by atoms with Crippen LogP contribution in [0.5, 0.6) is 0 Å². The van der Waals surface area contributed by atoms with Gasteiger partial charge in [0.05, 0.1) is 13.2 Å². The highest BCUT2D eigenvalue weighted by atomic mass is 16.5. The lowest BCUT2D eigenvalue weighted by Gasteiger charge is -2.28. The first-order chi connectivity index (χ1) is 9.29. The van der Waals surface area contributed by atoms with E-state index in [1.165, 1.54) is 11.1 Å². The Bertz CT molecular complexity index is 377. The normalized spacial score (nSPS) is 17.0. The van der Waals surface area contributed by atoms with E-state index in [0.29, 0.717) is 6.54 Å². The maximum absolute atomic E-state index is 5.78. The number of nitrogens with two attached hydrogens (primary N) is 1. The highest BCUT2D eigenvalue weighted by Crippen LogP contribution is 2.10. The SMILES string of the molecule is CN(CCN1CCOCC1)Cc1ccccc1CN. The van der Waals surface area contributed by atoms with E-state index in [-0.39, 0.29) is 0 Å². The van der Waals surface area contributed by atoms with E-state index in [0.717, 1.165) is 45.9 Å². The molecular weight excluding hydrogens is 238 g/mol. The second-order valence-corrected chi connectivity index (χ2v) is 5.16. The number of nitrogens with zero attached hydrogens (tertiary/aromatic N) is 2. The summed E-state index contributed by atoms with van der Waals surface area (Å²) in [5.41, 5.74) is 8.37. The van der Waals surface area contributed by atoms with Gasteiger partial charge in [-0.25, -0.2) is 0 Å². The molecule has 0 atom stereocenters. The van der Waals surface area contributed by atoms with E-state index in [9.17, 15) is 0 Å². The van der Waals surface area contributed by atoms with Gasteiger partial charge in [0, 0.05) is 39.3 Å². The van der Waals surface area contributed by atoms with Crippen molar-refractivity contribution >= 4 is 0 Å². The molecule has 106 valence electrons. The molecule has 4 nitrogen and oxygen atoms in total.